The van der Waals surface area contributed by atoms with Crippen molar-refractivity contribution in [2.45, 2.75) is 25.8 Å². The fraction of sp³-hybridized carbons (Fsp3) is 0.308. The molecule has 0 aliphatic heterocycles. The Morgan fingerprint density at radius 2 is 2.29 bits per heavy atom. The molecule has 112 valence electrons. The molecule has 0 fully saturated rings. The summed E-state index contributed by atoms with van der Waals surface area (Å²) < 4.78 is 0. The minimum absolute atomic E-state index is 0.00492. The van der Waals surface area contributed by atoms with Gasteiger partial charge in [0.2, 0.25) is 5.91 Å². The van der Waals surface area contributed by atoms with E-state index in [4.69, 9.17) is 11.5 Å². The molecule has 2 rings (SSSR count). The fourth-order valence-electron chi connectivity index (χ4n) is 1.69. The summed E-state index contributed by atoms with van der Waals surface area (Å²) in [5.74, 6) is -0.638. The molecular formula is C13H17N5O2S. The van der Waals surface area contributed by atoms with Crippen molar-refractivity contribution in [3.8, 4) is 11.3 Å². The van der Waals surface area contributed by atoms with Crippen LogP contribution in [0.2, 0.25) is 0 Å². The summed E-state index contributed by atoms with van der Waals surface area (Å²) in [5.41, 5.74) is 12.5. The Morgan fingerprint density at radius 1 is 1.52 bits per heavy atom. The maximum absolute atomic E-state index is 11.7. The lowest BCUT2D eigenvalue weighted by Crippen LogP contribution is -2.19. The maximum atomic E-state index is 11.7. The van der Waals surface area contributed by atoms with E-state index >= 15 is 0 Å². The number of aromatic nitrogens is 2. The largest absolute Gasteiger partial charge is 0.364 e. The summed E-state index contributed by atoms with van der Waals surface area (Å²) in [6.45, 7) is 1.86. The van der Waals surface area contributed by atoms with Gasteiger partial charge in [-0.3, -0.25) is 9.59 Å². The van der Waals surface area contributed by atoms with Crippen molar-refractivity contribution in [3.05, 3.63) is 23.3 Å². The van der Waals surface area contributed by atoms with Crippen molar-refractivity contribution in [2.24, 2.45) is 11.5 Å². The second-order valence-electron chi connectivity index (χ2n) is 4.77. The number of thiazole rings is 1. The normalized spacial score (nSPS) is 12.1. The van der Waals surface area contributed by atoms with Gasteiger partial charge in [0.25, 0.3) is 5.91 Å². The standard InChI is InChI=1S/C13H17N5O2S/c1-7(14)2-3-11(19)18-13-17-10(6-21-13)8-4-9(12(15)20)16-5-8/h4-7,16H,2-3,14H2,1H3,(H2,15,20)(H,17,18,19). The van der Waals surface area contributed by atoms with Crippen LogP contribution in [-0.2, 0) is 4.79 Å². The predicted octanol–water partition coefficient (Wildman–Crippen LogP) is 1.30. The minimum atomic E-state index is -0.527. The third-order valence-electron chi connectivity index (χ3n) is 2.82. The highest BCUT2D eigenvalue weighted by molar-refractivity contribution is 7.14. The van der Waals surface area contributed by atoms with Gasteiger partial charge in [-0.05, 0) is 19.4 Å². The number of hydrogen-bond donors (Lipinski definition) is 4. The van der Waals surface area contributed by atoms with E-state index in [2.05, 4.69) is 15.3 Å². The van der Waals surface area contributed by atoms with E-state index in [9.17, 15) is 9.59 Å². The number of rotatable bonds is 6. The lowest BCUT2D eigenvalue weighted by molar-refractivity contribution is -0.116. The number of nitrogens with two attached hydrogens (primary N) is 2. The summed E-state index contributed by atoms with van der Waals surface area (Å²) in [7, 11) is 0. The number of aromatic amines is 1. The molecule has 7 nitrogen and oxygen atoms in total. The SMILES string of the molecule is CC(N)CCC(=O)Nc1nc(-c2c[nH]c(C(N)=O)c2)cs1. The van der Waals surface area contributed by atoms with Gasteiger partial charge < -0.3 is 21.8 Å². The molecule has 2 aromatic heterocycles. The molecular weight excluding hydrogens is 290 g/mol. The van der Waals surface area contributed by atoms with Gasteiger partial charge >= 0.3 is 0 Å². The van der Waals surface area contributed by atoms with Gasteiger partial charge in [0.05, 0.1) is 5.69 Å². The number of H-pyrrole nitrogens is 1. The molecule has 1 atom stereocenters. The number of nitrogens with zero attached hydrogens (tertiary/aromatic N) is 1. The van der Waals surface area contributed by atoms with E-state index in [0.29, 0.717) is 29.4 Å². The van der Waals surface area contributed by atoms with Crippen LogP contribution in [0.25, 0.3) is 11.3 Å². The average molecular weight is 307 g/mol. The minimum Gasteiger partial charge on any atom is -0.364 e. The summed E-state index contributed by atoms with van der Waals surface area (Å²) >= 11 is 1.32. The summed E-state index contributed by atoms with van der Waals surface area (Å²) in [6, 6.07) is 1.62. The Morgan fingerprint density at radius 3 is 2.90 bits per heavy atom. The predicted molar refractivity (Wildman–Crippen MR) is 81.9 cm³/mol. The molecule has 0 spiro atoms. The third kappa shape index (κ3) is 4.14. The van der Waals surface area contributed by atoms with Crippen molar-refractivity contribution in [2.75, 3.05) is 5.32 Å². The van der Waals surface area contributed by atoms with Crippen LogP contribution in [0.3, 0.4) is 0 Å². The van der Waals surface area contributed by atoms with E-state index in [1.807, 2.05) is 6.92 Å². The molecule has 0 saturated heterocycles. The zero-order valence-corrected chi connectivity index (χ0v) is 12.4. The Hall–Kier alpha value is -2.19. The van der Waals surface area contributed by atoms with Crippen molar-refractivity contribution >= 4 is 28.3 Å². The molecule has 0 aliphatic rings. The molecule has 0 bridgehead atoms. The lowest BCUT2D eigenvalue weighted by Gasteiger charge is -2.04. The second-order valence-corrected chi connectivity index (χ2v) is 5.63. The second kappa shape index (κ2) is 6.51. The molecule has 6 N–H and O–H groups in total. The van der Waals surface area contributed by atoms with Crippen molar-refractivity contribution in [3.63, 3.8) is 0 Å². The van der Waals surface area contributed by atoms with Crippen LogP contribution in [-0.4, -0.2) is 27.8 Å². The number of hydrogen-bond acceptors (Lipinski definition) is 5. The molecule has 2 heterocycles. The van der Waals surface area contributed by atoms with Gasteiger partial charge in [-0.2, -0.15) is 0 Å². The number of nitrogens with one attached hydrogen (secondary N) is 2. The van der Waals surface area contributed by atoms with Crippen LogP contribution in [0.15, 0.2) is 17.6 Å². The van der Waals surface area contributed by atoms with Crippen LogP contribution in [0.4, 0.5) is 5.13 Å². The van der Waals surface area contributed by atoms with Crippen LogP contribution in [0.5, 0.6) is 0 Å². The number of carbonyl (C=O) groups is 2. The van der Waals surface area contributed by atoms with Gasteiger partial charge in [-0.25, -0.2) is 4.98 Å². The average Bonchev–Trinajstić information content (AvgIpc) is 3.04. The topological polar surface area (TPSA) is 127 Å². The van der Waals surface area contributed by atoms with Crippen LogP contribution < -0.4 is 16.8 Å². The quantitative estimate of drug-likeness (QED) is 0.641. The molecule has 0 aliphatic carbocycles. The van der Waals surface area contributed by atoms with Crippen molar-refractivity contribution in [1.82, 2.24) is 9.97 Å². The Balaban J connectivity index is 2.00. The highest BCUT2D eigenvalue weighted by Crippen LogP contribution is 2.25. The maximum Gasteiger partial charge on any atom is 0.265 e. The molecule has 21 heavy (non-hydrogen) atoms. The highest BCUT2D eigenvalue weighted by atomic mass is 32.1. The van der Waals surface area contributed by atoms with Crippen LogP contribution in [0, 0.1) is 0 Å². The number of carbonyl (C=O) groups excluding carboxylic acids is 2. The van der Waals surface area contributed by atoms with Gasteiger partial charge in [0, 0.05) is 29.6 Å². The molecule has 2 aromatic rings. The highest BCUT2D eigenvalue weighted by Gasteiger charge is 2.11. The van der Waals surface area contributed by atoms with Gasteiger partial charge in [-0.15, -0.1) is 11.3 Å². The first-order chi connectivity index (χ1) is 9.95. The van der Waals surface area contributed by atoms with Crippen LogP contribution in [0.1, 0.15) is 30.3 Å². The zero-order valence-electron chi connectivity index (χ0n) is 11.6. The van der Waals surface area contributed by atoms with Crippen LogP contribution >= 0.6 is 11.3 Å². The Kier molecular flexibility index (Phi) is 4.71. The number of anilines is 1. The zero-order chi connectivity index (χ0) is 15.4. The Bertz CT molecular complexity index is 647. The number of amides is 2. The van der Waals surface area contributed by atoms with Crippen molar-refractivity contribution < 1.29 is 9.59 Å². The first-order valence-corrected chi connectivity index (χ1v) is 7.33. The Labute approximate surface area is 125 Å². The fourth-order valence-corrected chi connectivity index (χ4v) is 2.42. The van der Waals surface area contributed by atoms with E-state index < -0.39 is 5.91 Å². The van der Waals surface area contributed by atoms with Gasteiger partial charge in [-0.1, -0.05) is 0 Å². The smallest absolute Gasteiger partial charge is 0.265 e. The van der Waals surface area contributed by atoms with Crippen molar-refractivity contribution in [1.29, 1.82) is 0 Å². The summed E-state index contributed by atoms with van der Waals surface area (Å²) in [6.07, 6.45) is 2.64. The number of primary amides is 1. The van der Waals surface area contributed by atoms with E-state index in [0.717, 1.165) is 5.56 Å². The van der Waals surface area contributed by atoms with Gasteiger partial charge in [0.15, 0.2) is 5.13 Å². The molecule has 8 heteroatoms. The monoisotopic (exact) mass is 307 g/mol. The molecule has 0 aromatic carbocycles. The molecule has 0 radical (unpaired) electrons. The first kappa shape index (κ1) is 15.2. The third-order valence-corrected chi connectivity index (χ3v) is 3.58. The van der Waals surface area contributed by atoms with Gasteiger partial charge in [0.1, 0.15) is 5.69 Å². The lowest BCUT2D eigenvalue weighted by atomic mass is 10.2. The molecule has 2 amide bonds. The molecule has 1 unspecified atom stereocenters. The molecule has 0 saturated carbocycles. The summed E-state index contributed by atoms with van der Waals surface area (Å²) in [5, 5.41) is 5.04. The summed E-state index contributed by atoms with van der Waals surface area (Å²) in [4.78, 5) is 29.8. The first-order valence-electron chi connectivity index (χ1n) is 6.45. The van der Waals surface area contributed by atoms with E-state index in [-0.39, 0.29) is 11.9 Å². The van der Waals surface area contributed by atoms with E-state index in [1.54, 1.807) is 17.6 Å². The van der Waals surface area contributed by atoms with E-state index in [1.165, 1.54) is 11.3 Å².